The van der Waals surface area contributed by atoms with Gasteiger partial charge in [-0.25, -0.2) is 4.79 Å². The Morgan fingerprint density at radius 2 is 2.35 bits per heavy atom. The van der Waals surface area contributed by atoms with Crippen molar-refractivity contribution < 1.29 is 19.4 Å². The van der Waals surface area contributed by atoms with Crippen molar-refractivity contribution in [3.63, 3.8) is 0 Å². The fraction of sp³-hybridized carbons (Fsp3) is 0.400. The molecule has 1 aromatic rings. The minimum Gasteiger partial charge on any atom is -0.479 e. The van der Waals surface area contributed by atoms with Crippen LogP contribution in [0, 0.1) is 0 Å². The zero-order valence-corrected chi connectivity index (χ0v) is 10.1. The summed E-state index contributed by atoms with van der Waals surface area (Å²) in [6.45, 7) is -0.000880. The van der Waals surface area contributed by atoms with E-state index in [2.05, 4.69) is 5.32 Å². The third kappa shape index (κ3) is 3.52. The third-order valence-corrected chi connectivity index (χ3v) is 3.09. The average molecular weight is 258 g/mol. The van der Waals surface area contributed by atoms with Crippen molar-refractivity contribution in [2.24, 2.45) is 5.73 Å². The second-order valence-electron chi connectivity index (χ2n) is 3.26. The molecule has 0 spiro atoms. The summed E-state index contributed by atoms with van der Waals surface area (Å²) in [6.07, 6.45) is -0.836. The first-order chi connectivity index (χ1) is 8.10. The van der Waals surface area contributed by atoms with Gasteiger partial charge in [-0.05, 0) is 11.4 Å². The molecule has 94 valence electrons. The maximum atomic E-state index is 11.6. The Kier molecular flexibility index (Phi) is 5.08. The Morgan fingerprint density at radius 3 is 2.76 bits per heavy atom. The van der Waals surface area contributed by atoms with Gasteiger partial charge in [0.1, 0.15) is 6.10 Å². The molecule has 7 heteroatoms. The molecule has 17 heavy (non-hydrogen) atoms. The molecular formula is C10H14N2O4S. The second-order valence-corrected chi connectivity index (χ2v) is 4.23. The van der Waals surface area contributed by atoms with Crippen LogP contribution in [0.15, 0.2) is 17.5 Å². The molecule has 1 amide bonds. The number of carbonyl (C=O) groups is 2. The van der Waals surface area contributed by atoms with Crippen molar-refractivity contribution in [1.29, 1.82) is 0 Å². The van der Waals surface area contributed by atoms with E-state index in [1.807, 2.05) is 0 Å². The van der Waals surface area contributed by atoms with E-state index >= 15 is 0 Å². The predicted octanol–water partition coefficient (Wildman–Crippen LogP) is -0.0363. The Labute approximate surface area is 102 Å². The van der Waals surface area contributed by atoms with Crippen LogP contribution < -0.4 is 11.1 Å². The zero-order valence-electron chi connectivity index (χ0n) is 9.25. The van der Waals surface area contributed by atoms with E-state index in [1.165, 1.54) is 18.4 Å². The summed E-state index contributed by atoms with van der Waals surface area (Å²) in [7, 11) is 1.35. The lowest BCUT2D eigenvalue weighted by Crippen LogP contribution is -2.44. The summed E-state index contributed by atoms with van der Waals surface area (Å²) in [5.41, 5.74) is 5.32. The lowest BCUT2D eigenvalue weighted by Gasteiger charge is -2.17. The molecule has 1 heterocycles. The summed E-state index contributed by atoms with van der Waals surface area (Å²) < 4.78 is 4.83. The van der Waals surface area contributed by atoms with Gasteiger partial charge in [0.2, 0.25) is 0 Å². The maximum absolute atomic E-state index is 11.6. The van der Waals surface area contributed by atoms with Gasteiger partial charge in [-0.15, -0.1) is 11.3 Å². The fourth-order valence-corrected chi connectivity index (χ4v) is 2.02. The molecule has 0 aliphatic heterocycles. The number of methoxy groups -OCH3 is 1. The van der Waals surface area contributed by atoms with Crippen LogP contribution >= 0.6 is 11.3 Å². The molecule has 0 aliphatic carbocycles. The number of nitrogens with one attached hydrogen (secondary N) is 1. The van der Waals surface area contributed by atoms with Crippen LogP contribution in [0.2, 0.25) is 0 Å². The summed E-state index contributed by atoms with van der Waals surface area (Å²) in [5.74, 6) is -1.65. The first-order valence-corrected chi connectivity index (χ1v) is 5.77. The monoisotopic (exact) mass is 258 g/mol. The van der Waals surface area contributed by atoms with Gasteiger partial charge in [0.15, 0.2) is 6.04 Å². The normalized spacial score (nSPS) is 14.0. The van der Waals surface area contributed by atoms with Gasteiger partial charge >= 0.3 is 5.97 Å². The highest BCUT2D eigenvalue weighted by molar-refractivity contribution is 7.10. The van der Waals surface area contributed by atoms with Crippen molar-refractivity contribution in [3.05, 3.63) is 22.4 Å². The number of nitrogens with two attached hydrogens (primary N) is 1. The molecule has 0 radical (unpaired) electrons. The van der Waals surface area contributed by atoms with Gasteiger partial charge in [-0.3, -0.25) is 4.79 Å². The summed E-state index contributed by atoms with van der Waals surface area (Å²) in [6, 6.07) is 2.30. The molecule has 2 atom stereocenters. The SMILES string of the molecule is COC(CN)C(=O)NC(C(=O)O)c1cccs1. The van der Waals surface area contributed by atoms with E-state index in [1.54, 1.807) is 17.5 Å². The standard InChI is InChI=1S/C10H14N2O4S/c1-16-6(5-11)9(13)12-8(10(14)15)7-3-2-4-17-7/h2-4,6,8H,5,11H2,1H3,(H,12,13)(H,14,15). The van der Waals surface area contributed by atoms with Crippen molar-refractivity contribution in [1.82, 2.24) is 5.32 Å². The van der Waals surface area contributed by atoms with E-state index in [0.717, 1.165) is 0 Å². The number of amides is 1. The Morgan fingerprint density at radius 1 is 1.65 bits per heavy atom. The second kappa shape index (κ2) is 6.33. The number of hydrogen-bond donors (Lipinski definition) is 3. The van der Waals surface area contributed by atoms with Crippen LogP contribution in [-0.2, 0) is 14.3 Å². The largest absolute Gasteiger partial charge is 0.479 e. The first kappa shape index (κ1) is 13.6. The predicted molar refractivity (Wildman–Crippen MR) is 62.7 cm³/mol. The quantitative estimate of drug-likeness (QED) is 0.664. The Bertz CT molecular complexity index is 376. The molecule has 0 bridgehead atoms. The molecule has 1 rings (SSSR count). The van der Waals surface area contributed by atoms with Crippen LogP contribution in [0.1, 0.15) is 10.9 Å². The molecule has 1 aromatic heterocycles. The topological polar surface area (TPSA) is 102 Å². The average Bonchev–Trinajstić information content (AvgIpc) is 2.80. The van der Waals surface area contributed by atoms with Gasteiger partial charge < -0.3 is 20.9 Å². The van der Waals surface area contributed by atoms with Gasteiger partial charge in [-0.2, -0.15) is 0 Å². The summed E-state index contributed by atoms with van der Waals surface area (Å²) >= 11 is 1.26. The lowest BCUT2D eigenvalue weighted by atomic mass is 10.2. The molecule has 2 unspecified atom stereocenters. The number of carboxylic acids is 1. The van der Waals surface area contributed by atoms with E-state index in [4.69, 9.17) is 15.6 Å². The Hall–Kier alpha value is -1.44. The van der Waals surface area contributed by atoms with Crippen LogP contribution in [0.3, 0.4) is 0 Å². The first-order valence-electron chi connectivity index (χ1n) is 4.89. The minimum atomic E-state index is -1.12. The molecule has 0 saturated carbocycles. The van der Waals surface area contributed by atoms with Gasteiger partial charge in [0, 0.05) is 18.5 Å². The van der Waals surface area contributed by atoms with E-state index in [-0.39, 0.29) is 6.54 Å². The van der Waals surface area contributed by atoms with Crippen molar-refractivity contribution in [3.8, 4) is 0 Å². The Balaban J connectivity index is 2.75. The van der Waals surface area contributed by atoms with E-state index in [9.17, 15) is 9.59 Å². The van der Waals surface area contributed by atoms with Crippen LogP contribution in [0.25, 0.3) is 0 Å². The molecule has 0 aliphatic rings. The van der Waals surface area contributed by atoms with Gasteiger partial charge in [-0.1, -0.05) is 6.07 Å². The molecule has 4 N–H and O–H groups in total. The summed E-state index contributed by atoms with van der Waals surface area (Å²) in [5, 5.41) is 13.2. The van der Waals surface area contributed by atoms with Gasteiger partial charge in [0.05, 0.1) is 0 Å². The maximum Gasteiger partial charge on any atom is 0.331 e. The molecule has 6 nitrogen and oxygen atoms in total. The highest BCUT2D eigenvalue weighted by Gasteiger charge is 2.26. The van der Waals surface area contributed by atoms with Crippen LogP contribution in [0.5, 0.6) is 0 Å². The number of carbonyl (C=O) groups excluding carboxylic acids is 1. The highest BCUT2D eigenvalue weighted by atomic mass is 32.1. The van der Waals surface area contributed by atoms with Crippen LogP contribution in [0.4, 0.5) is 0 Å². The number of hydrogen-bond acceptors (Lipinski definition) is 5. The van der Waals surface area contributed by atoms with Crippen molar-refractivity contribution in [2.45, 2.75) is 12.1 Å². The summed E-state index contributed by atoms with van der Waals surface area (Å²) in [4.78, 5) is 23.2. The van der Waals surface area contributed by atoms with Crippen molar-refractivity contribution >= 4 is 23.2 Å². The molecule has 0 aromatic carbocycles. The molecular weight excluding hydrogens is 244 g/mol. The fourth-order valence-electron chi connectivity index (χ4n) is 1.26. The lowest BCUT2D eigenvalue weighted by molar-refractivity contribution is -0.143. The minimum absolute atomic E-state index is 0.000880. The zero-order chi connectivity index (χ0) is 12.8. The number of rotatable bonds is 6. The third-order valence-electron chi connectivity index (χ3n) is 2.15. The number of carboxylic acid groups (broad SMARTS) is 1. The highest BCUT2D eigenvalue weighted by Crippen LogP contribution is 2.19. The molecule has 0 fully saturated rings. The number of aliphatic carboxylic acids is 1. The molecule has 0 saturated heterocycles. The van der Waals surface area contributed by atoms with E-state index in [0.29, 0.717) is 4.88 Å². The van der Waals surface area contributed by atoms with Crippen molar-refractivity contribution in [2.75, 3.05) is 13.7 Å². The van der Waals surface area contributed by atoms with E-state index < -0.39 is 24.0 Å². The number of ether oxygens (including phenoxy) is 1. The smallest absolute Gasteiger partial charge is 0.331 e. The van der Waals surface area contributed by atoms with Gasteiger partial charge in [0.25, 0.3) is 5.91 Å². The number of thiophene rings is 1. The van der Waals surface area contributed by atoms with Crippen LogP contribution in [-0.4, -0.2) is 36.7 Å².